The van der Waals surface area contributed by atoms with Gasteiger partial charge >= 0.3 is 20.7 Å². The van der Waals surface area contributed by atoms with Crippen molar-refractivity contribution in [2.24, 2.45) is 0 Å². The summed E-state index contributed by atoms with van der Waals surface area (Å²) in [6.45, 7) is 0. The largest absolute Gasteiger partial charge is 0.503 e. The summed E-state index contributed by atoms with van der Waals surface area (Å²) in [7, 11) is 0. The number of aromatic nitrogens is 3. The third kappa shape index (κ3) is 2.62. The van der Waals surface area contributed by atoms with Gasteiger partial charge in [-0.15, -0.1) is 3.83 Å². The molecular formula is C12H7BrN4O5. The maximum absolute atomic E-state index is 10.9. The van der Waals surface area contributed by atoms with Crippen LogP contribution in [0.5, 0.6) is 5.88 Å². The highest BCUT2D eigenvalue weighted by atomic mass is 80.0. The molecule has 1 aromatic carbocycles. The van der Waals surface area contributed by atoms with Gasteiger partial charge in [-0.25, -0.2) is 14.4 Å². The molecule has 0 spiro atoms. The molecule has 0 atom stereocenters. The quantitative estimate of drug-likeness (QED) is 0.460. The lowest BCUT2D eigenvalue weighted by atomic mass is 10.1. The van der Waals surface area contributed by atoms with Crippen molar-refractivity contribution < 1.29 is 32.0 Å². The summed E-state index contributed by atoms with van der Waals surface area (Å²) in [6, 6.07) is 7.14. The molecular weight excluding hydrogens is 360 g/mol. The SMILES string of the molecule is O=[N+]([O-])c1ccc(-c2nc3ncccn3c2O[Br+2]([O-])[O-])cc1. The van der Waals surface area contributed by atoms with Gasteiger partial charge in [-0.05, 0) is 18.2 Å². The Balaban J connectivity index is 2.14. The molecule has 22 heavy (non-hydrogen) atoms. The van der Waals surface area contributed by atoms with Crippen LogP contribution in [0, 0.1) is 24.9 Å². The molecule has 0 radical (unpaired) electrons. The highest BCUT2D eigenvalue weighted by Crippen LogP contribution is 2.31. The Bertz CT molecular complexity index is 833. The van der Waals surface area contributed by atoms with E-state index in [9.17, 15) is 18.5 Å². The van der Waals surface area contributed by atoms with E-state index in [1.165, 1.54) is 34.9 Å². The lowest BCUT2D eigenvalue weighted by Gasteiger charge is -1.99. The molecule has 0 unspecified atom stereocenters. The van der Waals surface area contributed by atoms with E-state index in [1.807, 2.05) is 0 Å². The lowest BCUT2D eigenvalue weighted by molar-refractivity contribution is -1.62. The van der Waals surface area contributed by atoms with Gasteiger partial charge in [0.15, 0.2) is 0 Å². The molecule has 3 aromatic rings. The molecule has 0 N–H and O–H groups in total. The van der Waals surface area contributed by atoms with Gasteiger partial charge in [0.05, 0.1) is 4.92 Å². The molecule has 3 rings (SSSR count). The number of rotatable bonds is 4. The zero-order chi connectivity index (χ0) is 15.7. The van der Waals surface area contributed by atoms with Crippen molar-refractivity contribution in [3.8, 4) is 17.1 Å². The summed E-state index contributed by atoms with van der Waals surface area (Å²) in [6.07, 6.45) is 3.07. The molecule has 2 aromatic heterocycles. The summed E-state index contributed by atoms with van der Waals surface area (Å²) in [5.41, 5.74) is 0.642. The van der Waals surface area contributed by atoms with Crippen molar-refractivity contribution in [1.82, 2.24) is 14.4 Å². The number of nitro benzene ring substituents is 1. The summed E-state index contributed by atoms with van der Waals surface area (Å²) in [5.74, 6) is 0.256. The van der Waals surface area contributed by atoms with Crippen LogP contribution >= 0.6 is 0 Å². The summed E-state index contributed by atoms with van der Waals surface area (Å²) in [4.78, 5) is 18.4. The molecule has 0 aliphatic heterocycles. The Labute approximate surface area is 128 Å². The molecule has 0 saturated heterocycles. The van der Waals surface area contributed by atoms with E-state index in [-0.39, 0.29) is 23.0 Å². The van der Waals surface area contributed by atoms with Gasteiger partial charge in [0.2, 0.25) is 5.78 Å². The number of imidazole rings is 1. The van der Waals surface area contributed by atoms with E-state index in [4.69, 9.17) is 3.83 Å². The first-order valence-corrected chi connectivity index (χ1v) is 7.82. The van der Waals surface area contributed by atoms with Gasteiger partial charge in [-0.3, -0.25) is 10.1 Å². The molecule has 0 bridgehead atoms. The minimum Gasteiger partial charge on any atom is -0.361 e. The highest BCUT2D eigenvalue weighted by molar-refractivity contribution is 5.69. The summed E-state index contributed by atoms with van der Waals surface area (Å²) >= 11 is -3.52. The summed E-state index contributed by atoms with van der Waals surface area (Å²) in [5, 5.41) is 10.7. The van der Waals surface area contributed by atoms with E-state index < -0.39 is 19.7 Å². The van der Waals surface area contributed by atoms with Gasteiger partial charge in [-0.1, -0.05) is 0 Å². The van der Waals surface area contributed by atoms with Crippen LogP contribution in [-0.2, 0) is 0 Å². The van der Waals surface area contributed by atoms with Crippen molar-refractivity contribution in [2.75, 3.05) is 0 Å². The molecule has 112 valence electrons. The minimum absolute atomic E-state index is 0.00282. The van der Waals surface area contributed by atoms with Gasteiger partial charge in [-0.2, -0.15) is 0 Å². The van der Waals surface area contributed by atoms with Crippen molar-refractivity contribution in [1.29, 1.82) is 0 Å². The Hall–Kier alpha value is -2.56. The van der Waals surface area contributed by atoms with Crippen LogP contribution in [0.2, 0.25) is 0 Å². The Kier molecular flexibility index (Phi) is 3.71. The van der Waals surface area contributed by atoms with Crippen LogP contribution in [0.15, 0.2) is 42.7 Å². The summed E-state index contributed by atoms with van der Waals surface area (Å²) < 4.78 is 28.1. The van der Waals surface area contributed by atoms with E-state index >= 15 is 0 Å². The Morgan fingerprint density at radius 1 is 1.23 bits per heavy atom. The van der Waals surface area contributed by atoms with Crippen molar-refractivity contribution in [3.63, 3.8) is 0 Å². The fraction of sp³-hybridized carbons (Fsp3) is 0. The van der Waals surface area contributed by atoms with Crippen molar-refractivity contribution >= 4 is 11.5 Å². The number of nitro groups is 1. The van der Waals surface area contributed by atoms with Crippen LogP contribution in [0.4, 0.5) is 5.69 Å². The van der Waals surface area contributed by atoms with E-state index in [1.54, 1.807) is 12.3 Å². The first-order chi connectivity index (χ1) is 10.6. The second kappa shape index (κ2) is 5.67. The number of benzene rings is 1. The van der Waals surface area contributed by atoms with E-state index in [2.05, 4.69) is 9.97 Å². The lowest BCUT2D eigenvalue weighted by Crippen LogP contribution is -2.37. The van der Waals surface area contributed by atoms with Gasteiger partial charge in [0.1, 0.15) is 5.69 Å². The van der Waals surface area contributed by atoms with Gasteiger partial charge < -0.3 is 8.40 Å². The smallest absolute Gasteiger partial charge is 0.361 e. The number of halogens is 1. The fourth-order valence-corrected chi connectivity index (χ4v) is 2.49. The predicted molar refractivity (Wildman–Crippen MR) is 65.7 cm³/mol. The monoisotopic (exact) mass is 366 g/mol. The Morgan fingerprint density at radius 3 is 2.59 bits per heavy atom. The molecule has 2 heterocycles. The van der Waals surface area contributed by atoms with Crippen molar-refractivity contribution in [2.45, 2.75) is 0 Å². The average Bonchev–Trinajstić information content (AvgIpc) is 2.86. The number of nitrogens with zero attached hydrogens (tertiary/aromatic N) is 4. The average molecular weight is 367 g/mol. The topological polar surface area (TPSA) is 129 Å². The standard InChI is InChI=1S/C12H7BrN4O5/c18-13(19)22-11-10(15-12-14-6-1-7-16(11)12)8-2-4-9(5-3-8)17(20)21/h1-7H. The second-order valence-electron chi connectivity index (χ2n) is 4.13. The van der Waals surface area contributed by atoms with E-state index in [0.717, 1.165) is 0 Å². The molecule has 0 amide bonds. The third-order valence-electron chi connectivity index (χ3n) is 2.85. The zero-order valence-corrected chi connectivity index (χ0v) is 12.3. The fourth-order valence-electron chi connectivity index (χ4n) is 1.93. The second-order valence-corrected chi connectivity index (χ2v) is 5.24. The van der Waals surface area contributed by atoms with Gasteiger partial charge in [0.25, 0.3) is 5.69 Å². The molecule has 0 aliphatic carbocycles. The molecule has 10 heteroatoms. The number of fused-ring (bicyclic) bond motifs is 1. The van der Waals surface area contributed by atoms with Crippen LogP contribution in [0.25, 0.3) is 17.0 Å². The van der Waals surface area contributed by atoms with Crippen LogP contribution in [0.1, 0.15) is 0 Å². The third-order valence-corrected chi connectivity index (χ3v) is 3.42. The normalized spacial score (nSPS) is 11.0. The van der Waals surface area contributed by atoms with Crippen LogP contribution in [0.3, 0.4) is 0 Å². The maximum atomic E-state index is 10.9. The first kappa shape index (κ1) is 14.4. The zero-order valence-electron chi connectivity index (χ0n) is 10.7. The molecule has 0 aliphatic rings. The highest BCUT2D eigenvalue weighted by Gasteiger charge is 2.25. The van der Waals surface area contributed by atoms with Crippen LogP contribution in [-0.4, -0.2) is 19.3 Å². The van der Waals surface area contributed by atoms with Crippen LogP contribution < -0.4 is 12.2 Å². The van der Waals surface area contributed by atoms with Gasteiger partial charge in [0, 0.05) is 30.1 Å². The van der Waals surface area contributed by atoms with Crippen molar-refractivity contribution in [3.05, 3.63) is 52.8 Å². The molecule has 0 saturated carbocycles. The number of hydrogen-bond acceptors (Lipinski definition) is 7. The van der Waals surface area contributed by atoms with E-state index in [0.29, 0.717) is 5.56 Å². The minimum atomic E-state index is -3.52. The number of hydrogen-bond donors (Lipinski definition) is 0. The first-order valence-electron chi connectivity index (χ1n) is 5.88. The Morgan fingerprint density at radius 2 is 1.95 bits per heavy atom. The predicted octanol–water partition coefficient (Wildman–Crippen LogP) is -0.230. The maximum Gasteiger partial charge on any atom is 0.503 e. The molecule has 9 nitrogen and oxygen atoms in total. The molecule has 0 fully saturated rings. The number of non-ortho nitro benzene ring substituents is 1.